The minimum absolute atomic E-state index is 0.0835. The predicted molar refractivity (Wildman–Crippen MR) is 78.5 cm³/mol. The van der Waals surface area contributed by atoms with Gasteiger partial charge in [0.05, 0.1) is 23.0 Å². The van der Waals surface area contributed by atoms with Gasteiger partial charge in [0, 0.05) is 13.0 Å². The largest absolute Gasteiger partial charge is 0.356 e. The van der Waals surface area contributed by atoms with Gasteiger partial charge in [-0.2, -0.15) is 5.10 Å². The first-order chi connectivity index (χ1) is 9.06. The highest BCUT2D eigenvalue weighted by atomic mass is 35.5. The molecule has 0 aromatic carbocycles. The van der Waals surface area contributed by atoms with Gasteiger partial charge in [-0.1, -0.05) is 37.8 Å². The molecular weight excluding hydrogens is 262 g/mol. The summed E-state index contributed by atoms with van der Waals surface area (Å²) in [6.07, 6.45) is 5.15. The highest BCUT2D eigenvalue weighted by Crippen LogP contribution is 2.18. The Bertz CT molecular complexity index is 415. The number of hydrogen-bond donors (Lipinski definition) is 1. The van der Waals surface area contributed by atoms with Crippen LogP contribution in [0, 0.1) is 13.8 Å². The summed E-state index contributed by atoms with van der Waals surface area (Å²) in [6, 6.07) is 0. The number of aryl methyl sites for hydroxylation is 2. The molecule has 0 aliphatic heterocycles. The lowest BCUT2D eigenvalue weighted by Crippen LogP contribution is -2.25. The molecule has 0 atom stereocenters. The van der Waals surface area contributed by atoms with Gasteiger partial charge < -0.3 is 5.32 Å². The van der Waals surface area contributed by atoms with Crippen LogP contribution < -0.4 is 5.32 Å². The molecule has 0 radical (unpaired) electrons. The normalized spacial score (nSPS) is 10.7. The summed E-state index contributed by atoms with van der Waals surface area (Å²) in [4.78, 5) is 11.7. The SMILES string of the molecule is CCCCCCNC(=O)CCn1nc(C)c(Cl)c1C. The molecule has 1 aromatic rings. The molecule has 5 heteroatoms. The molecular formula is C14H24ClN3O. The Hall–Kier alpha value is -1.03. The van der Waals surface area contributed by atoms with E-state index in [9.17, 15) is 4.79 Å². The number of unbranched alkanes of at least 4 members (excludes halogenated alkanes) is 3. The van der Waals surface area contributed by atoms with Gasteiger partial charge in [-0.25, -0.2) is 0 Å². The van der Waals surface area contributed by atoms with Gasteiger partial charge in [-0.3, -0.25) is 9.48 Å². The van der Waals surface area contributed by atoms with Gasteiger partial charge in [0.15, 0.2) is 0 Å². The molecule has 1 amide bonds. The molecule has 1 aromatic heterocycles. The molecule has 4 nitrogen and oxygen atoms in total. The van der Waals surface area contributed by atoms with Crippen LogP contribution in [0.2, 0.25) is 5.02 Å². The summed E-state index contributed by atoms with van der Waals surface area (Å²) in [7, 11) is 0. The zero-order valence-electron chi connectivity index (χ0n) is 12.1. The molecule has 0 aliphatic rings. The van der Waals surface area contributed by atoms with E-state index in [2.05, 4.69) is 17.3 Å². The number of hydrogen-bond acceptors (Lipinski definition) is 2. The number of halogens is 1. The van der Waals surface area contributed by atoms with Crippen LogP contribution in [-0.4, -0.2) is 22.2 Å². The molecule has 0 bridgehead atoms. The lowest BCUT2D eigenvalue weighted by Gasteiger charge is -2.06. The monoisotopic (exact) mass is 285 g/mol. The van der Waals surface area contributed by atoms with Gasteiger partial charge in [-0.05, 0) is 20.3 Å². The fourth-order valence-corrected chi connectivity index (χ4v) is 2.10. The second-order valence-corrected chi connectivity index (χ2v) is 5.25. The summed E-state index contributed by atoms with van der Waals surface area (Å²) in [5.41, 5.74) is 1.74. The zero-order chi connectivity index (χ0) is 14.3. The van der Waals surface area contributed by atoms with Crippen molar-refractivity contribution in [1.29, 1.82) is 0 Å². The van der Waals surface area contributed by atoms with Crippen molar-refractivity contribution in [3.05, 3.63) is 16.4 Å². The Kier molecular flexibility index (Phi) is 6.92. The average molecular weight is 286 g/mol. The van der Waals surface area contributed by atoms with E-state index in [1.165, 1.54) is 19.3 Å². The number of aromatic nitrogens is 2. The molecule has 0 spiro atoms. The van der Waals surface area contributed by atoms with Crippen LogP contribution in [0.1, 0.15) is 50.4 Å². The number of nitrogens with one attached hydrogen (secondary N) is 1. The number of amides is 1. The Balaban J connectivity index is 2.24. The topological polar surface area (TPSA) is 46.9 Å². The first kappa shape index (κ1) is 16.0. The quantitative estimate of drug-likeness (QED) is 0.746. The Morgan fingerprint density at radius 3 is 2.63 bits per heavy atom. The van der Waals surface area contributed by atoms with Crippen LogP contribution >= 0.6 is 11.6 Å². The third kappa shape index (κ3) is 5.23. The number of carbonyl (C=O) groups excluding carboxylic acids is 1. The van der Waals surface area contributed by atoms with Crippen LogP contribution in [0.4, 0.5) is 0 Å². The van der Waals surface area contributed by atoms with Crippen molar-refractivity contribution in [3.63, 3.8) is 0 Å². The molecule has 0 saturated heterocycles. The molecule has 0 aliphatic carbocycles. The molecule has 0 saturated carbocycles. The van der Waals surface area contributed by atoms with E-state index in [1.807, 2.05) is 13.8 Å². The maximum absolute atomic E-state index is 11.7. The van der Waals surface area contributed by atoms with Crippen LogP contribution in [0.15, 0.2) is 0 Å². The maximum atomic E-state index is 11.7. The molecule has 1 N–H and O–H groups in total. The van der Waals surface area contributed by atoms with Crippen LogP contribution in [0.3, 0.4) is 0 Å². The smallest absolute Gasteiger partial charge is 0.221 e. The van der Waals surface area contributed by atoms with Gasteiger partial charge in [0.2, 0.25) is 5.91 Å². The van der Waals surface area contributed by atoms with Crippen LogP contribution in [-0.2, 0) is 11.3 Å². The summed E-state index contributed by atoms with van der Waals surface area (Å²) in [6.45, 7) is 7.33. The van der Waals surface area contributed by atoms with E-state index in [0.29, 0.717) is 18.0 Å². The fourth-order valence-electron chi connectivity index (χ4n) is 1.97. The minimum atomic E-state index is 0.0835. The lowest BCUT2D eigenvalue weighted by atomic mass is 10.2. The zero-order valence-corrected chi connectivity index (χ0v) is 12.9. The number of rotatable bonds is 8. The third-order valence-electron chi connectivity index (χ3n) is 3.20. The van der Waals surface area contributed by atoms with Crippen molar-refractivity contribution in [2.45, 2.75) is 59.4 Å². The van der Waals surface area contributed by atoms with Gasteiger partial charge in [0.1, 0.15) is 0 Å². The van der Waals surface area contributed by atoms with Gasteiger partial charge in [0.25, 0.3) is 0 Å². The Morgan fingerprint density at radius 1 is 1.32 bits per heavy atom. The molecule has 19 heavy (non-hydrogen) atoms. The van der Waals surface area contributed by atoms with E-state index >= 15 is 0 Å². The van der Waals surface area contributed by atoms with Crippen molar-refractivity contribution in [2.75, 3.05) is 6.54 Å². The average Bonchev–Trinajstić information content (AvgIpc) is 2.63. The van der Waals surface area contributed by atoms with Crippen molar-refractivity contribution < 1.29 is 4.79 Å². The molecule has 1 rings (SSSR count). The highest BCUT2D eigenvalue weighted by molar-refractivity contribution is 6.31. The molecule has 108 valence electrons. The maximum Gasteiger partial charge on any atom is 0.221 e. The summed E-state index contributed by atoms with van der Waals surface area (Å²) in [5, 5.41) is 7.94. The van der Waals surface area contributed by atoms with E-state index in [1.54, 1.807) is 4.68 Å². The first-order valence-electron chi connectivity index (χ1n) is 7.02. The van der Waals surface area contributed by atoms with Crippen molar-refractivity contribution in [3.8, 4) is 0 Å². The molecule has 0 unspecified atom stereocenters. The third-order valence-corrected chi connectivity index (χ3v) is 3.74. The summed E-state index contributed by atoms with van der Waals surface area (Å²) < 4.78 is 1.80. The minimum Gasteiger partial charge on any atom is -0.356 e. The fraction of sp³-hybridized carbons (Fsp3) is 0.714. The molecule has 0 fully saturated rings. The van der Waals surface area contributed by atoms with Gasteiger partial charge in [-0.15, -0.1) is 0 Å². The second-order valence-electron chi connectivity index (χ2n) is 4.87. The van der Waals surface area contributed by atoms with Gasteiger partial charge >= 0.3 is 0 Å². The lowest BCUT2D eigenvalue weighted by molar-refractivity contribution is -0.121. The van der Waals surface area contributed by atoms with Crippen molar-refractivity contribution in [1.82, 2.24) is 15.1 Å². The number of nitrogens with zero attached hydrogens (tertiary/aromatic N) is 2. The number of carbonyl (C=O) groups is 1. The standard InChI is InChI=1S/C14H24ClN3O/c1-4-5-6-7-9-16-13(19)8-10-18-12(3)14(15)11(2)17-18/h4-10H2,1-3H3,(H,16,19). The van der Waals surface area contributed by atoms with E-state index < -0.39 is 0 Å². The molecule has 1 heterocycles. The van der Waals surface area contributed by atoms with E-state index in [0.717, 1.165) is 24.4 Å². The summed E-state index contributed by atoms with van der Waals surface area (Å²) in [5.74, 6) is 0.0835. The first-order valence-corrected chi connectivity index (χ1v) is 7.40. The Labute approximate surface area is 120 Å². The second kappa shape index (κ2) is 8.20. The van der Waals surface area contributed by atoms with Crippen molar-refractivity contribution >= 4 is 17.5 Å². The van der Waals surface area contributed by atoms with Crippen LogP contribution in [0.5, 0.6) is 0 Å². The summed E-state index contributed by atoms with van der Waals surface area (Å²) >= 11 is 6.06. The van der Waals surface area contributed by atoms with E-state index in [-0.39, 0.29) is 5.91 Å². The Morgan fingerprint density at radius 2 is 2.05 bits per heavy atom. The van der Waals surface area contributed by atoms with Crippen molar-refractivity contribution in [2.24, 2.45) is 0 Å². The predicted octanol–water partition coefficient (Wildman–Crippen LogP) is 3.24. The highest BCUT2D eigenvalue weighted by Gasteiger charge is 2.10. The van der Waals surface area contributed by atoms with E-state index in [4.69, 9.17) is 11.6 Å². The van der Waals surface area contributed by atoms with Crippen LogP contribution in [0.25, 0.3) is 0 Å².